The van der Waals surface area contributed by atoms with Gasteiger partial charge in [0, 0.05) is 12.1 Å². The van der Waals surface area contributed by atoms with E-state index < -0.39 is 0 Å². The highest BCUT2D eigenvalue weighted by Crippen LogP contribution is 2.33. The zero-order valence-electron chi connectivity index (χ0n) is 14.3. The lowest BCUT2D eigenvalue weighted by atomic mass is 10.1. The zero-order valence-corrected chi connectivity index (χ0v) is 14.3. The summed E-state index contributed by atoms with van der Waals surface area (Å²) in [4.78, 5) is 2.07. The van der Waals surface area contributed by atoms with E-state index in [2.05, 4.69) is 41.1 Å². The summed E-state index contributed by atoms with van der Waals surface area (Å²) >= 11 is 0. The minimum atomic E-state index is -0.260. The largest absolute Gasteiger partial charge is 0.419 e. The Kier molecular flexibility index (Phi) is 4.50. The van der Waals surface area contributed by atoms with Gasteiger partial charge in [-0.2, -0.15) is 0 Å². The van der Waals surface area contributed by atoms with Gasteiger partial charge >= 0.3 is 0 Å². The molecule has 5 heteroatoms. The third kappa shape index (κ3) is 3.62. The van der Waals surface area contributed by atoms with E-state index >= 15 is 0 Å². The number of hydrogen-bond donors (Lipinski definition) is 1. The van der Waals surface area contributed by atoms with Crippen molar-refractivity contribution >= 4 is 0 Å². The smallest absolute Gasteiger partial charge is 0.247 e. The van der Waals surface area contributed by atoms with E-state index in [1.807, 2.05) is 20.0 Å². The molecule has 5 nitrogen and oxygen atoms in total. The van der Waals surface area contributed by atoms with Crippen molar-refractivity contribution in [1.82, 2.24) is 15.1 Å². The first-order chi connectivity index (χ1) is 11.0. The van der Waals surface area contributed by atoms with Gasteiger partial charge < -0.3 is 9.52 Å². The van der Waals surface area contributed by atoms with Crippen molar-refractivity contribution in [2.75, 3.05) is 13.6 Å². The Labute approximate surface area is 137 Å². The summed E-state index contributed by atoms with van der Waals surface area (Å²) in [6, 6.07) is 6.12. The molecule has 3 rings (SSSR count). The maximum absolute atomic E-state index is 10.1. The third-order valence-electron chi connectivity index (χ3n) is 4.85. The molecule has 1 aromatic heterocycles. The van der Waals surface area contributed by atoms with Crippen molar-refractivity contribution in [2.24, 2.45) is 5.92 Å². The fourth-order valence-corrected chi connectivity index (χ4v) is 2.67. The van der Waals surface area contributed by atoms with Crippen LogP contribution in [0.4, 0.5) is 0 Å². The second-order valence-corrected chi connectivity index (χ2v) is 6.76. The predicted octanol–water partition coefficient (Wildman–Crippen LogP) is 3.12. The molecule has 0 aliphatic heterocycles. The summed E-state index contributed by atoms with van der Waals surface area (Å²) in [5, 5.41) is 18.5. The number of nitrogens with zero attached hydrogens (tertiary/aromatic N) is 3. The van der Waals surface area contributed by atoms with E-state index in [0.29, 0.717) is 24.2 Å². The van der Waals surface area contributed by atoms with Crippen molar-refractivity contribution in [3.8, 4) is 11.5 Å². The lowest BCUT2D eigenvalue weighted by Crippen LogP contribution is -2.32. The Morgan fingerprint density at radius 1 is 1.26 bits per heavy atom. The summed E-state index contributed by atoms with van der Waals surface area (Å²) in [6.07, 6.45) is 2.02. The molecule has 0 bridgehead atoms. The maximum atomic E-state index is 10.1. The van der Waals surface area contributed by atoms with Crippen LogP contribution in [0.2, 0.25) is 0 Å². The first-order valence-electron chi connectivity index (χ1n) is 8.25. The van der Waals surface area contributed by atoms with Gasteiger partial charge in [0.1, 0.15) is 0 Å². The highest BCUT2D eigenvalue weighted by Gasteiger charge is 2.31. The van der Waals surface area contributed by atoms with E-state index in [1.165, 1.54) is 11.1 Å². The minimum Gasteiger partial charge on any atom is -0.419 e. The zero-order chi connectivity index (χ0) is 16.6. The number of aromatic nitrogens is 2. The SMILES string of the molecule is Cc1ccc(-c2nnc(C(C)N(C)CC(O)C3CC3)o2)cc1C. The fraction of sp³-hybridized carbons (Fsp3) is 0.556. The monoisotopic (exact) mass is 315 g/mol. The van der Waals surface area contributed by atoms with Gasteiger partial charge in [-0.25, -0.2) is 0 Å². The molecule has 2 aromatic rings. The summed E-state index contributed by atoms with van der Waals surface area (Å²) in [5.41, 5.74) is 3.40. The molecule has 0 amide bonds. The molecule has 1 fully saturated rings. The highest BCUT2D eigenvalue weighted by molar-refractivity contribution is 5.55. The summed E-state index contributed by atoms with van der Waals surface area (Å²) in [6.45, 7) is 6.82. The average Bonchev–Trinajstić information content (AvgIpc) is 3.27. The Bertz CT molecular complexity index is 679. The van der Waals surface area contributed by atoms with Crippen molar-refractivity contribution in [1.29, 1.82) is 0 Å². The van der Waals surface area contributed by atoms with Crippen LogP contribution in [0.25, 0.3) is 11.5 Å². The number of rotatable bonds is 6. The Morgan fingerprint density at radius 3 is 2.65 bits per heavy atom. The van der Waals surface area contributed by atoms with Gasteiger partial charge in [-0.1, -0.05) is 6.07 Å². The van der Waals surface area contributed by atoms with Crippen LogP contribution in [-0.4, -0.2) is 39.9 Å². The topological polar surface area (TPSA) is 62.4 Å². The van der Waals surface area contributed by atoms with Crippen LogP contribution in [0.3, 0.4) is 0 Å². The molecule has 23 heavy (non-hydrogen) atoms. The van der Waals surface area contributed by atoms with Crippen molar-refractivity contribution in [3.05, 3.63) is 35.2 Å². The van der Waals surface area contributed by atoms with Gasteiger partial charge in [0.05, 0.1) is 12.1 Å². The van der Waals surface area contributed by atoms with Gasteiger partial charge in [-0.3, -0.25) is 4.90 Å². The standard InChI is InChI=1S/C18H25N3O2/c1-11-5-6-15(9-12(11)2)18-20-19-17(23-18)13(3)21(4)10-16(22)14-7-8-14/h5-6,9,13-14,16,22H,7-8,10H2,1-4H3. The molecule has 0 spiro atoms. The van der Waals surface area contributed by atoms with E-state index in [4.69, 9.17) is 4.42 Å². The predicted molar refractivity (Wildman–Crippen MR) is 89.0 cm³/mol. The lowest BCUT2D eigenvalue weighted by molar-refractivity contribution is 0.0852. The van der Waals surface area contributed by atoms with Gasteiger partial charge in [0.15, 0.2) is 0 Å². The van der Waals surface area contributed by atoms with Crippen LogP contribution in [0.5, 0.6) is 0 Å². The van der Waals surface area contributed by atoms with E-state index in [9.17, 15) is 5.11 Å². The van der Waals surface area contributed by atoms with Crippen LogP contribution >= 0.6 is 0 Å². The lowest BCUT2D eigenvalue weighted by Gasteiger charge is -2.24. The van der Waals surface area contributed by atoms with Gasteiger partial charge in [-0.05, 0) is 69.8 Å². The molecule has 1 heterocycles. The molecule has 1 saturated carbocycles. The number of benzene rings is 1. The molecular weight excluding hydrogens is 290 g/mol. The van der Waals surface area contributed by atoms with Crippen LogP contribution < -0.4 is 0 Å². The molecule has 0 radical (unpaired) electrons. The van der Waals surface area contributed by atoms with Gasteiger partial charge in [-0.15, -0.1) is 10.2 Å². The molecule has 2 unspecified atom stereocenters. The highest BCUT2D eigenvalue weighted by atomic mass is 16.4. The molecule has 1 N–H and O–H groups in total. The van der Waals surface area contributed by atoms with Crippen molar-refractivity contribution < 1.29 is 9.52 Å². The van der Waals surface area contributed by atoms with Gasteiger partial charge in [0.2, 0.25) is 11.8 Å². The molecule has 0 saturated heterocycles. The van der Waals surface area contributed by atoms with Crippen LogP contribution in [0, 0.1) is 19.8 Å². The Balaban J connectivity index is 1.71. The van der Waals surface area contributed by atoms with Crippen molar-refractivity contribution in [3.63, 3.8) is 0 Å². The van der Waals surface area contributed by atoms with E-state index in [1.54, 1.807) is 0 Å². The number of hydrogen-bond acceptors (Lipinski definition) is 5. The molecule has 124 valence electrons. The first kappa shape index (κ1) is 16.1. The summed E-state index contributed by atoms with van der Waals surface area (Å²) < 4.78 is 5.86. The second kappa shape index (κ2) is 6.42. The number of aryl methyl sites for hydroxylation is 2. The molecular formula is C18H25N3O2. The fourth-order valence-electron chi connectivity index (χ4n) is 2.67. The van der Waals surface area contributed by atoms with Gasteiger partial charge in [0.25, 0.3) is 0 Å². The molecule has 1 aliphatic carbocycles. The van der Waals surface area contributed by atoms with E-state index in [0.717, 1.165) is 18.4 Å². The average molecular weight is 315 g/mol. The Hall–Kier alpha value is -1.72. The maximum Gasteiger partial charge on any atom is 0.247 e. The number of aliphatic hydroxyl groups is 1. The normalized spacial score (nSPS) is 17.5. The quantitative estimate of drug-likeness (QED) is 0.887. The van der Waals surface area contributed by atoms with Crippen LogP contribution in [-0.2, 0) is 0 Å². The molecule has 1 aromatic carbocycles. The third-order valence-corrected chi connectivity index (χ3v) is 4.85. The van der Waals surface area contributed by atoms with E-state index in [-0.39, 0.29) is 12.1 Å². The number of aliphatic hydroxyl groups excluding tert-OH is 1. The summed E-state index contributed by atoms with van der Waals surface area (Å²) in [7, 11) is 1.98. The minimum absolute atomic E-state index is 0.0174. The Morgan fingerprint density at radius 2 is 2.00 bits per heavy atom. The first-order valence-corrected chi connectivity index (χ1v) is 8.25. The molecule has 2 atom stereocenters. The van der Waals surface area contributed by atoms with Crippen molar-refractivity contribution in [2.45, 2.75) is 45.8 Å². The second-order valence-electron chi connectivity index (χ2n) is 6.76. The summed E-state index contributed by atoms with van der Waals surface area (Å²) in [5.74, 6) is 1.60. The molecule has 1 aliphatic rings. The number of likely N-dealkylation sites (N-methyl/N-ethyl adjacent to an activating group) is 1. The van der Waals surface area contributed by atoms with Crippen LogP contribution in [0.15, 0.2) is 22.6 Å². The van der Waals surface area contributed by atoms with Crippen LogP contribution in [0.1, 0.15) is 42.8 Å².